The Morgan fingerprint density at radius 3 is 2.62 bits per heavy atom. The molecule has 1 saturated carbocycles. The van der Waals surface area contributed by atoms with Crippen molar-refractivity contribution in [3.63, 3.8) is 0 Å². The summed E-state index contributed by atoms with van der Waals surface area (Å²) in [6.07, 6.45) is 4.19. The number of carbonyl (C=O) groups is 1. The number of carboxylic acid groups (broad SMARTS) is 1. The molecule has 0 aromatic rings. The van der Waals surface area contributed by atoms with Gasteiger partial charge in [0.15, 0.2) is 0 Å². The number of carboxylic acids is 1. The van der Waals surface area contributed by atoms with Gasteiger partial charge in [-0.1, -0.05) is 6.42 Å². The van der Waals surface area contributed by atoms with Gasteiger partial charge in [-0.05, 0) is 25.7 Å². The summed E-state index contributed by atoms with van der Waals surface area (Å²) in [5.74, 6) is 0.206. The maximum atomic E-state index is 10.7. The van der Waals surface area contributed by atoms with Crippen molar-refractivity contribution in [2.24, 2.45) is 5.92 Å². The van der Waals surface area contributed by atoms with Crippen molar-refractivity contribution in [1.82, 2.24) is 9.80 Å². The molecule has 4 heteroatoms. The van der Waals surface area contributed by atoms with E-state index in [0.717, 1.165) is 25.6 Å². The van der Waals surface area contributed by atoms with Crippen molar-refractivity contribution in [1.29, 1.82) is 0 Å². The Morgan fingerprint density at radius 2 is 2.12 bits per heavy atom. The summed E-state index contributed by atoms with van der Waals surface area (Å²) in [6.45, 7) is 6.53. The maximum absolute atomic E-state index is 10.7. The first kappa shape index (κ1) is 11.9. The first-order valence-electron chi connectivity index (χ1n) is 6.33. The summed E-state index contributed by atoms with van der Waals surface area (Å²) in [7, 11) is 0. The molecule has 1 aliphatic heterocycles. The van der Waals surface area contributed by atoms with Crippen molar-refractivity contribution < 1.29 is 9.90 Å². The Hall–Kier alpha value is -0.610. The quantitative estimate of drug-likeness (QED) is 0.773. The lowest BCUT2D eigenvalue weighted by Gasteiger charge is -2.41. The van der Waals surface area contributed by atoms with Gasteiger partial charge in [0.2, 0.25) is 0 Å². The molecular formula is C12H22N2O2. The molecule has 0 unspecified atom stereocenters. The fourth-order valence-electron chi connectivity index (χ4n) is 2.69. The van der Waals surface area contributed by atoms with E-state index in [-0.39, 0.29) is 6.54 Å². The van der Waals surface area contributed by atoms with E-state index in [1.165, 1.54) is 25.8 Å². The Bertz CT molecular complexity index is 253. The van der Waals surface area contributed by atoms with Gasteiger partial charge in [-0.25, -0.2) is 0 Å². The molecule has 92 valence electrons. The fraction of sp³-hybridized carbons (Fsp3) is 0.917. The molecule has 2 aliphatic rings. The number of nitrogens with zero attached hydrogens (tertiary/aromatic N) is 2. The highest BCUT2D eigenvalue weighted by Crippen LogP contribution is 2.27. The summed E-state index contributed by atoms with van der Waals surface area (Å²) >= 11 is 0. The van der Waals surface area contributed by atoms with Gasteiger partial charge in [-0.3, -0.25) is 9.69 Å². The first-order chi connectivity index (χ1) is 7.65. The van der Waals surface area contributed by atoms with E-state index in [9.17, 15) is 4.79 Å². The van der Waals surface area contributed by atoms with Crippen molar-refractivity contribution in [3.8, 4) is 0 Å². The van der Waals surface area contributed by atoms with Gasteiger partial charge >= 0.3 is 5.97 Å². The minimum Gasteiger partial charge on any atom is -0.480 e. The van der Waals surface area contributed by atoms with Crippen LogP contribution in [0.2, 0.25) is 0 Å². The molecule has 2 rings (SSSR count). The summed E-state index contributed by atoms with van der Waals surface area (Å²) in [4.78, 5) is 15.2. The van der Waals surface area contributed by atoms with Crippen LogP contribution in [0.4, 0.5) is 0 Å². The molecule has 0 spiro atoms. The standard InChI is InChI=1S/C12H22N2O2/c1-10-7-13(8-11-3-2-4-11)5-6-14(10)9-12(15)16/h10-11H,2-9H2,1H3,(H,15,16)/t10-/m0/s1. The molecule has 1 saturated heterocycles. The summed E-state index contributed by atoms with van der Waals surface area (Å²) in [6, 6.07) is 0.380. The van der Waals surface area contributed by atoms with Crippen molar-refractivity contribution in [2.45, 2.75) is 32.2 Å². The maximum Gasteiger partial charge on any atom is 0.317 e. The molecular weight excluding hydrogens is 204 g/mol. The average Bonchev–Trinajstić information content (AvgIpc) is 2.15. The number of hydrogen-bond acceptors (Lipinski definition) is 3. The number of rotatable bonds is 4. The lowest BCUT2D eigenvalue weighted by Crippen LogP contribution is -2.54. The predicted octanol–water partition coefficient (Wildman–Crippen LogP) is 0.877. The Morgan fingerprint density at radius 1 is 1.38 bits per heavy atom. The molecule has 4 nitrogen and oxygen atoms in total. The third kappa shape index (κ3) is 2.95. The average molecular weight is 226 g/mol. The highest BCUT2D eigenvalue weighted by molar-refractivity contribution is 5.69. The second-order valence-electron chi connectivity index (χ2n) is 5.27. The monoisotopic (exact) mass is 226 g/mol. The molecule has 1 atom stereocenters. The van der Waals surface area contributed by atoms with Gasteiger partial charge in [0.1, 0.15) is 0 Å². The lowest BCUT2D eigenvalue weighted by molar-refractivity contribution is -0.139. The largest absolute Gasteiger partial charge is 0.480 e. The van der Waals surface area contributed by atoms with Crippen LogP contribution in [-0.4, -0.2) is 59.6 Å². The second kappa shape index (κ2) is 5.15. The molecule has 0 bridgehead atoms. The summed E-state index contributed by atoms with van der Waals surface area (Å²) in [5, 5.41) is 8.79. The second-order valence-corrected chi connectivity index (χ2v) is 5.27. The molecule has 0 radical (unpaired) electrons. The normalized spacial score (nSPS) is 28.9. The molecule has 2 fully saturated rings. The van der Waals surface area contributed by atoms with Crippen LogP contribution in [0, 0.1) is 5.92 Å². The van der Waals surface area contributed by atoms with Gasteiger partial charge in [0.25, 0.3) is 0 Å². The van der Waals surface area contributed by atoms with Crippen molar-refractivity contribution in [2.75, 3.05) is 32.7 Å². The number of aliphatic carboxylic acids is 1. The Labute approximate surface area is 97.2 Å². The lowest BCUT2D eigenvalue weighted by atomic mass is 9.85. The van der Waals surface area contributed by atoms with E-state index < -0.39 is 5.97 Å². The minimum atomic E-state index is -0.709. The molecule has 1 heterocycles. The smallest absolute Gasteiger partial charge is 0.317 e. The van der Waals surface area contributed by atoms with Crippen molar-refractivity contribution >= 4 is 5.97 Å². The van der Waals surface area contributed by atoms with Crippen LogP contribution < -0.4 is 0 Å². The van der Waals surface area contributed by atoms with Crippen LogP contribution in [0.25, 0.3) is 0 Å². The van der Waals surface area contributed by atoms with Gasteiger partial charge in [0.05, 0.1) is 6.54 Å². The van der Waals surface area contributed by atoms with Gasteiger partial charge in [0, 0.05) is 32.2 Å². The zero-order chi connectivity index (χ0) is 11.5. The van der Waals surface area contributed by atoms with Gasteiger partial charge in [-0.15, -0.1) is 0 Å². The highest BCUT2D eigenvalue weighted by Gasteiger charge is 2.27. The minimum absolute atomic E-state index is 0.193. The van der Waals surface area contributed by atoms with Crippen LogP contribution in [0.5, 0.6) is 0 Å². The molecule has 0 aromatic heterocycles. The van der Waals surface area contributed by atoms with E-state index in [4.69, 9.17) is 5.11 Å². The van der Waals surface area contributed by atoms with Gasteiger partial charge < -0.3 is 10.0 Å². The molecule has 1 N–H and O–H groups in total. The number of hydrogen-bond donors (Lipinski definition) is 1. The zero-order valence-electron chi connectivity index (χ0n) is 10.1. The van der Waals surface area contributed by atoms with E-state index in [0.29, 0.717) is 6.04 Å². The van der Waals surface area contributed by atoms with Crippen LogP contribution in [0.1, 0.15) is 26.2 Å². The number of piperazine rings is 1. The van der Waals surface area contributed by atoms with Crippen LogP contribution in [-0.2, 0) is 4.79 Å². The predicted molar refractivity (Wildman–Crippen MR) is 62.5 cm³/mol. The van der Waals surface area contributed by atoms with Gasteiger partial charge in [-0.2, -0.15) is 0 Å². The van der Waals surface area contributed by atoms with E-state index in [1.54, 1.807) is 0 Å². The first-order valence-corrected chi connectivity index (χ1v) is 6.33. The highest BCUT2D eigenvalue weighted by atomic mass is 16.4. The third-order valence-electron chi connectivity index (χ3n) is 3.93. The van der Waals surface area contributed by atoms with Crippen LogP contribution >= 0.6 is 0 Å². The van der Waals surface area contributed by atoms with Crippen molar-refractivity contribution in [3.05, 3.63) is 0 Å². The van der Waals surface area contributed by atoms with E-state index in [2.05, 4.69) is 16.7 Å². The summed E-state index contributed by atoms with van der Waals surface area (Å²) < 4.78 is 0. The molecule has 0 aromatic carbocycles. The summed E-state index contributed by atoms with van der Waals surface area (Å²) in [5.41, 5.74) is 0. The fourth-order valence-corrected chi connectivity index (χ4v) is 2.69. The topological polar surface area (TPSA) is 43.8 Å². The molecule has 1 aliphatic carbocycles. The van der Waals surface area contributed by atoms with E-state index >= 15 is 0 Å². The van der Waals surface area contributed by atoms with Crippen LogP contribution in [0.15, 0.2) is 0 Å². The Balaban J connectivity index is 1.75. The van der Waals surface area contributed by atoms with E-state index in [1.807, 2.05) is 0 Å². The zero-order valence-corrected chi connectivity index (χ0v) is 10.1. The Kier molecular flexibility index (Phi) is 3.82. The SMILES string of the molecule is C[C@H]1CN(CC2CCC2)CCN1CC(=O)O. The third-order valence-corrected chi connectivity index (χ3v) is 3.93. The molecule has 16 heavy (non-hydrogen) atoms. The van der Waals surface area contributed by atoms with Crippen LogP contribution in [0.3, 0.4) is 0 Å². The molecule has 0 amide bonds.